The fourth-order valence-corrected chi connectivity index (χ4v) is 2.97. The summed E-state index contributed by atoms with van der Waals surface area (Å²) in [4.78, 5) is 14.3. The number of ether oxygens (including phenoxy) is 1. The number of hydrogen-bond donors (Lipinski definition) is 1. The Hall–Kier alpha value is -1.04. The van der Waals surface area contributed by atoms with Gasteiger partial charge < -0.3 is 14.5 Å². The number of carbonyl (C=O) groups is 1. The molecule has 0 saturated carbocycles. The Labute approximate surface area is 116 Å². The van der Waals surface area contributed by atoms with Gasteiger partial charge >= 0.3 is 0 Å². The number of nitrogens with zero attached hydrogens (tertiary/aromatic N) is 1. The van der Waals surface area contributed by atoms with Crippen LogP contribution in [0.3, 0.4) is 0 Å². The second kappa shape index (κ2) is 5.53. The van der Waals surface area contributed by atoms with Crippen molar-refractivity contribution in [1.82, 2.24) is 10.2 Å². The smallest absolute Gasteiger partial charge is 0.256 e. The van der Waals surface area contributed by atoms with E-state index in [4.69, 9.17) is 20.8 Å². The molecule has 6 heteroatoms. The number of amides is 1. The van der Waals surface area contributed by atoms with Crippen LogP contribution in [-0.2, 0) is 4.74 Å². The summed E-state index contributed by atoms with van der Waals surface area (Å²) in [6.07, 6.45) is 3.94. The highest BCUT2D eigenvalue weighted by molar-refractivity contribution is 6.32. The summed E-state index contributed by atoms with van der Waals surface area (Å²) in [7, 11) is 0. The van der Waals surface area contributed by atoms with E-state index in [2.05, 4.69) is 10.2 Å². The first kappa shape index (κ1) is 13.0. The average molecular weight is 285 g/mol. The number of furan rings is 1. The molecule has 3 heterocycles. The highest BCUT2D eigenvalue weighted by Gasteiger charge is 2.32. The first-order valence-electron chi connectivity index (χ1n) is 6.61. The molecule has 5 nitrogen and oxygen atoms in total. The van der Waals surface area contributed by atoms with Crippen LogP contribution < -0.4 is 5.32 Å². The van der Waals surface area contributed by atoms with Crippen LogP contribution in [0, 0.1) is 0 Å². The highest BCUT2D eigenvalue weighted by Crippen LogP contribution is 2.22. The van der Waals surface area contributed by atoms with Crippen molar-refractivity contribution in [1.29, 1.82) is 0 Å². The normalized spacial score (nSPS) is 27.2. The van der Waals surface area contributed by atoms with E-state index in [0.717, 1.165) is 19.7 Å². The molecule has 1 aromatic heterocycles. The molecule has 1 N–H and O–H groups in total. The third-order valence-corrected chi connectivity index (χ3v) is 4.11. The quantitative estimate of drug-likeness (QED) is 0.914. The Morgan fingerprint density at radius 3 is 3.26 bits per heavy atom. The number of rotatable bonds is 3. The molecule has 0 bridgehead atoms. The maximum Gasteiger partial charge on any atom is 0.256 e. The first-order chi connectivity index (χ1) is 9.24. The third-order valence-electron chi connectivity index (χ3n) is 3.81. The van der Waals surface area contributed by atoms with E-state index >= 15 is 0 Å². The molecule has 104 valence electrons. The molecule has 2 atom stereocenters. The Bertz CT molecular complexity index is 462. The molecule has 1 amide bonds. The molecule has 19 heavy (non-hydrogen) atoms. The van der Waals surface area contributed by atoms with Crippen molar-refractivity contribution >= 4 is 17.5 Å². The zero-order chi connectivity index (χ0) is 13.2. The Morgan fingerprint density at radius 1 is 1.58 bits per heavy atom. The summed E-state index contributed by atoms with van der Waals surface area (Å²) < 4.78 is 10.7. The first-order valence-corrected chi connectivity index (χ1v) is 6.98. The Morgan fingerprint density at radius 2 is 2.47 bits per heavy atom. The number of nitrogens with one attached hydrogen (secondary N) is 1. The van der Waals surface area contributed by atoms with Gasteiger partial charge in [-0.1, -0.05) is 0 Å². The number of fused-ring (bicyclic) bond motifs is 1. The maximum atomic E-state index is 11.9. The number of morpholine rings is 1. The number of hydrogen-bond acceptors (Lipinski definition) is 4. The zero-order valence-corrected chi connectivity index (χ0v) is 11.4. The van der Waals surface area contributed by atoms with E-state index in [1.165, 1.54) is 19.1 Å². The van der Waals surface area contributed by atoms with Crippen LogP contribution in [0.25, 0.3) is 0 Å². The SMILES string of the molecule is O=C(NCC1CN2CCCC2CO1)c1ccoc1Cl. The molecular formula is C13H17ClN2O3. The molecule has 2 unspecified atom stereocenters. The number of halogens is 1. The molecule has 2 fully saturated rings. The lowest BCUT2D eigenvalue weighted by atomic mass is 10.2. The standard InChI is InChI=1S/C13H17ClN2O3/c14-12-11(3-5-18-12)13(17)15-6-10-7-16-4-1-2-9(16)8-19-10/h3,5,9-10H,1-2,4,6-8H2,(H,15,17). The van der Waals surface area contributed by atoms with Crippen molar-refractivity contribution in [3.05, 3.63) is 23.1 Å². The van der Waals surface area contributed by atoms with Gasteiger partial charge in [-0.15, -0.1) is 0 Å². The predicted molar refractivity (Wildman–Crippen MR) is 70.4 cm³/mol. The van der Waals surface area contributed by atoms with Gasteiger partial charge in [-0.05, 0) is 37.1 Å². The Balaban J connectivity index is 1.50. The van der Waals surface area contributed by atoms with Gasteiger partial charge in [0.05, 0.1) is 24.5 Å². The van der Waals surface area contributed by atoms with Crippen LogP contribution in [0.15, 0.2) is 16.7 Å². The van der Waals surface area contributed by atoms with Crippen molar-refractivity contribution in [3.63, 3.8) is 0 Å². The molecule has 0 radical (unpaired) electrons. The van der Waals surface area contributed by atoms with E-state index in [1.807, 2.05) is 0 Å². The van der Waals surface area contributed by atoms with E-state index < -0.39 is 0 Å². The van der Waals surface area contributed by atoms with E-state index in [9.17, 15) is 4.79 Å². The molecule has 3 rings (SSSR count). The minimum absolute atomic E-state index is 0.0592. The molecule has 0 spiro atoms. The summed E-state index contributed by atoms with van der Waals surface area (Å²) in [5.41, 5.74) is 0.372. The predicted octanol–water partition coefficient (Wildman–Crippen LogP) is 1.53. The van der Waals surface area contributed by atoms with E-state index in [0.29, 0.717) is 18.2 Å². The van der Waals surface area contributed by atoms with Gasteiger partial charge in [-0.25, -0.2) is 0 Å². The molecule has 2 aliphatic heterocycles. The van der Waals surface area contributed by atoms with Crippen LogP contribution in [-0.4, -0.2) is 49.2 Å². The van der Waals surface area contributed by atoms with Crippen LogP contribution in [0.5, 0.6) is 0 Å². The summed E-state index contributed by atoms with van der Waals surface area (Å²) >= 11 is 5.76. The molecule has 1 aromatic rings. The topological polar surface area (TPSA) is 54.7 Å². The van der Waals surface area contributed by atoms with Crippen molar-refractivity contribution in [3.8, 4) is 0 Å². The fourth-order valence-electron chi connectivity index (χ4n) is 2.77. The van der Waals surface area contributed by atoms with Gasteiger partial charge in [0.2, 0.25) is 5.22 Å². The number of carbonyl (C=O) groups excluding carboxylic acids is 1. The van der Waals surface area contributed by atoms with Gasteiger partial charge in [0.1, 0.15) is 0 Å². The minimum atomic E-state index is -0.217. The van der Waals surface area contributed by atoms with Crippen LogP contribution >= 0.6 is 11.6 Å². The van der Waals surface area contributed by atoms with Crippen molar-refractivity contribution in [2.75, 3.05) is 26.2 Å². The van der Waals surface area contributed by atoms with Crippen molar-refractivity contribution < 1.29 is 13.9 Å². The lowest BCUT2D eigenvalue weighted by molar-refractivity contribution is -0.0461. The molecule has 0 aromatic carbocycles. The van der Waals surface area contributed by atoms with Crippen LogP contribution in [0.1, 0.15) is 23.2 Å². The minimum Gasteiger partial charge on any atom is -0.452 e. The summed E-state index contributed by atoms with van der Waals surface area (Å²) in [5.74, 6) is -0.217. The van der Waals surface area contributed by atoms with Crippen LogP contribution in [0.2, 0.25) is 5.22 Å². The monoisotopic (exact) mass is 284 g/mol. The van der Waals surface area contributed by atoms with Gasteiger partial charge in [-0.3, -0.25) is 9.69 Å². The summed E-state index contributed by atoms with van der Waals surface area (Å²) in [6, 6.07) is 2.14. The molecular weight excluding hydrogens is 268 g/mol. The third kappa shape index (κ3) is 2.78. The van der Waals surface area contributed by atoms with E-state index in [-0.39, 0.29) is 17.2 Å². The fraction of sp³-hybridized carbons (Fsp3) is 0.615. The lowest BCUT2D eigenvalue weighted by Gasteiger charge is -2.35. The van der Waals surface area contributed by atoms with Crippen molar-refractivity contribution in [2.24, 2.45) is 0 Å². The zero-order valence-electron chi connectivity index (χ0n) is 10.6. The van der Waals surface area contributed by atoms with Crippen LogP contribution in [0.4, 0.5) is 0 Å². The Kier molecular flexibility index (Phi) is 3.77. The second-order valence-electron chi connectivity index (χ2n) is 5.06. The van der Waals surface area contributed by atoms with E-state index in [1.54, 1.807) is 6.07 Å². The molecule has 0 aliphatic carbocycles. The van der Waals surface area contributed by atoms with Gasteiger partial charge in [0.15, 0.2) is 0 Å². The molecule has 2 aliphatic rings. The lowest BCUT2D eigenvalue weighted by Crippen LogP contribution is -2.50. The van der Waals surface area contributed by atoms with Crippen molar-refractivity contribution in [2.45, 2.75) is 25.0 Å². The highest BCUT2D eigenvalue weighted by atomic mass is 35.5. The summed E-state index contributed by atoms with van der Waals surface area (Å²) in [5, 5.41) is 2.97. The van der Waals surface area contributed by atoms with Gasteiger partial charge in [-0.2, -0.15) is 0 Å². The maximum absolute atomic E-state index is 11.9. The molecule has 2 saturated heterocycles. The summed E-state index contributed by atoms with van der Waals surface area (Å²) in [6.45, 7) is 3.31. The average Bonchev–Trinajstić information content (AvgIpc) is 3.03. The van der Waals surface area contributed by atoms with Gasteiger partial charge in [0, 0.05) is 19.1 Å². The van der Waals surface area contributed by atoms with Gasteiger partial charge in [0.25, 0.3) is 5.91 Å². The second-order valence-corrected chi connectivity index (χ2v) is 5.41. The largest absolute Gasteiger partial charge is 0.452 e.